The lowest BCUT2D eigenvalue weighted by atomic mass is 10.0. The monoisotopic (exact) mass is 311 g/mol. The normalized spacial score (nSPS) is 13.9. The Hall–Kier alpha value is -2.61. The van der Waals surface area contributed by atoms with Gasteiger partial charge >= 0.3 is 0 Å². The molecule has 3 rings (SSSR count). The molecule has 0 spiro atoms. The van der Waals surface area contributed by atoms with Crippen LogP contribution in [0.3, 0.4) is 0 Å². The molecule has 0 aliphatic carbocycles. The van der Waals surface area contributed by atoms with Gasteiger partial charge in [0.1, 0.15) is 23.4 Å². The number of anilines is 1. The second-order valence-electron chi connectivity index (χ2n) is 5.72. The maximum atomic E-state index is 9.59. The zero-order chi connectivity index (χ0) is 16.4. The van der Waals surface area contributed by atoms with E-state index >= 15 is 0 Å². The molecule has 1 aliphatic heterocycles. The van der Waals surface area contributed by atoms with E-state index in [1.54, 1.807) is 14.2 Å². The summed E-state index contributed by atoms with van der Waals surface area (Å²) in [6, 6.07) is 8.04. The van der Waals surface area contributed by atoms with Gasteiger partial charge in [0.25, 0.3) is 0 Å². The first-order chi connectivity index (χ1) is 11.2. The van der Waals surface area contributed by atoms with Gasteiger partial charge in [0.05, 0.1) is 25.5 Å². The molecule has 1 N–H and O–H groups in total. The van der Waals surface area contributed by atoms with E-state index in [4.69, 9.17) is 9.47 Å². The molecule has 0 bridgehead atoms. The average molecular weight is 311 g/mol. The molecule has 5 nitrogen and oxygen atoms in total. The second-order valence-corrected chi connectivity index (χ2v) is 5.72. The standard InChI is InChI=1S/C18H21N3O2/c1-12-15(11-19)18(21-8-4-5-9-21)20-17(12)14-10-13(22-2)6-7-16(14)23-3/h6-7,10,20H,4-5,8-9H2,1-3H3. The summed E-state index contributed by atoms with van der Waals surface area (Å²) in [5, 5.41) is 9.59. The number of hydrogen-bond donors (Lipinski definition) is 1. The van der Waals surface area contributed by atoms with Crippen molar-refractivity contribution in [3.63, 3.8) is 0 Å². The van der Waals surface area contributed by atoms with Crippen molar-refractivity contribution in [3.05, 3.63) is 29.3 Å². The summed E-state index contributed by atoms with van der Waals surface area (Å²) in [7, 11) is 3.29. The van der Waals surface area contributed by atoms with E-state index in [0.717, 1.165) is 47.2 Å². The fourth-order valence-electron chi connectivity index (χ4n) is 3.17. The molecule has 1 saturated heterocycles. The van der Waals surface area contributed by atoms with Crippen LogP contribution in [0, 0.1) is 18.3 Å². The SMILES string of the molecule is COc1ccc(OC)c(-c2[nH]c(N3CCCC3)c(C#N)c2C)c1. The highest BCUT2D eigenvalue weighted by Crippen LogP contribution is 2.39. The van der Waals surface area contributed by atoms with Crippen LogP contribution in [0.15, 0.2) is 18.2 Å². The van der Waals surface area contributed by atoms with E-state index in [-0.39, 0.29) is 0 Å². The fraction of sp³-hybridized carbons (Fsp3) is 0.389. The molecule has 1 aromatic carbocycles. The highest BCUT2D eigenvalue weighted by atomic mass is 16.5. The van der Waals surface area contributed by atoms with E-state index in [1.807, 2.05) is 25.1 Å². The van der Waals surface area contributed by atoms with Gasteiger partial charge in [-0.1, -0.05) is 0 Å². The quantitative estimate of drug-likeness (QED) is 0.939. The number of benzene rings is 1. The molecule has 1 aliphatic rings. The Kier molecular flexibility index (Phi) is 4.16. The molecule has 120 valence electrons. The smallest absolute Gasteiger partial charge is 0.128 e. The van der Waals surface area contributed by atoms with E-state index in [0.29, 0.717) is 5.56 Å². The van der Waals surface area contributed by atoms with Crippen LogP contribution in [-0.4, -0.2) is 32.3 Å². The molecular formula is C18H21N3O2. The molecule has 0 unspecified atom stereocenters. The third-order valence-electron chi connectivity index (χ3n) is 4.44. The number of ether oxygens (including phenoxy) is 2. The molecule has 0 radical (unpaired) electrons. The predicted molar refractivity (Wildman–Crippen MR) is 90.2 cm³/mol. The van der Waals surface area contributed by atoms with E-state index in [2.05, 4.69) is 16.0 Å². The summed E-state index contributed by atoms with van der Waals surface area (Å²) in [4.78, 5) is 5.70. The Morgan fingerprint density at radius 3 is 2.52 bits per heavy atom. The highest BCUT2D eigenvalue weighted by molar-refractivity contribution is 5.78. The van der Waals surface area contributed by atoms with Gasteiger partial charge in [-0.3, -0.25) is 0 Å². The first-order valence-electron chi connectivity index (χ1n) is 7.79. The molecule has 5 heteroatoms. The van der Waals surface area contributed by atoms with Crippen LogP contribution < -0.4 is 14.4 Å². The zero-order valence-corrected chi connectivity index (χ0v) is 13.8. The number of aromatic amines is 1. The Balaban J connectivity index is 2.15. The predicted octanol–water partition coefficient (Wildman–Crippen LogP) is 3.48. The lowest BCUT2D eigenvalue weighted by Gasteiger charge is -2.16. The Morgan fingerprint density at radius 1 is 1.17 bits per heavy atom. The van der Waals surface area contributed by atoms with Gasteiger partial charge in [0.15, 0.2) is 0 Å². The van der Waals surface area contributed by atoms with Gasteiger partial charge in [-0.15, -0.1) is 0 Å². The summed E-state index contributed by atoms with van der Waals surface area (Å²) >= 11 is 0. The minimum Gasteiger partial charge on any atom is -0.497 e. The summed E-state index contributed by atoms with van der Waals surface area (Å²) in [6.45, 7) is 3.95. The van der Waals surface area contributed by atoms with E-state index in [1.165, 1.54) is 12.8 Å². The van der Waals surface area contributed by atoms with Crippen LogP contribution in [-0.2, 0) is 0 Å². The Labute approximate surface area is 136 Å². The number of H-pyrrole nitrogens is 1. The van der Waals surface area contributed by atoms with Crippen molar-refractivity contribution in [1.29, 1.82) is 5.26 Å². The summed E-state index contributed by atoms with van der Waals surface area (Å²) in [6.07, 6.45) is 2.33. The number of hydrogen-bond acceptors (Lipinski definition) is 4. The van der Waals surface area contributed by atoms with Crippen LogP contribution in [0.2, 0.25) is 0 Å². The van der Waals surface area contributed by atoms with Crippen LogP contribution in [0.5, 0.6) is 11.5 Å². The van der Waals surface area contributed by atoms with Crippen LogP contribution in [0.1, 0.15) is 24.0 Å². The second kappa shape index (κ2) is 6.25. The maximum Gasteiger partial charge on any atom is 0.128 e. The van der Waals surface area contributed by atoms with E-state index in [9.17, 15) is 5.26 Å². The first-order valence-corrected chi connectivity index (χ1v) is 7.79. The molecular weight excluding hydrogens is 290 g/mol. The fourth-order valence-corrected chi connectivity index (χ4v) is 3.17. The number of rotatable bonds is 4. The third-order valence-corrected chi connectivity index (χ3v) is 4.44. The van der Waals surface area contributed by atoms with Gasteiger partial charge in [0, 0.05) is 18.7 Å². The van der Waals surface area contributed by atoms with Crippen molar-refractivity contribution in [2.24, 2.45) is 0 Å². The number of nitrogens with zero attached hydrogens (tertiary/aromatic N) is 2. The Morgan fingerprint density at radius 2 is 1.91 bits per heavy atom. The lowest BCUT2D eigenvalue weighted by Crippen LogP contribution is -2.18. The van der Waals surface area contributed by atoms with Gasteiger partial charge in [-0.2, -0.15) is 5.26 Å². The van der Waals surface area contributed by atoms with Gasteiger partial charge in [-0.25, -0.2) is 0 Å². The number of methoxy groups -OCH3 is 2. The van der Waals surface area contributed by atoms with Crippen LogP contribution in [0.25, 0.3) is 11.3 Å². The minimum atomic E-state index is 0.715. The van der Waals surface area contributed by atoms with Gasteiger partial charge < -0.3 is 19.4 Å². The molecule has 0 amide bonds. The van der Waals surface area contributed by atoms with Crippen molar-refractivity contribution >= 4 is 5.82 Å². The number of nitrogens with one attached hydrogen (secondary N) is 1. The maximum absolute atomic E-state index is 9.59. The molecule has 1 aromatic heterocycles. The number of nitriles is 1. The zero-order valence-electron chi connectivity index (χ0n) is 13.8. The molecule has 23 heavy (non-hydrogen) atoms. The molecule has 0 atom stereocenters. The topological polar surface area (TPSA) is 61.3 Å². The van der Waals surface area contributed by atoms with Gasteiger partial charge in [0.2, 0.25) is 0 Å². The van der Waals surface area contributed by atoms with E-state index < -0.39 is 0 Å². The van der Waals surface area contributed by atoms with Crippen molar-refractivity contribution in [2.75, 3.05) is 32.2 Å². The van der Waals surface area contributed by atoms with Crippen molar-refractivity contribution in [3.8, 4) is 28.8 Å². The highest BCUT2D eigenvalue weighted by Gasteiger charge is 2.23. The summed E-state index contributed by atoms with van der Waals surface area (Å²) in [5.74, 6) is 2.44. The molecule has 0 saturated carbocycles. The van der Waals surface area contributed by atoms with Crippen LogP contribution in [0.4, 0.5) is 5.82 Å². The molecule has 2 aromatic rings. The van der Waals surface area contributed by atoms with Crippen LogP contribution >= 0.6 is 0 Å². The minimum absolute atomic E-state index is 0.715. The Bertz CT molecular complexity index is 752. The van der Waals surface area contributed by atoms with Crippen molar-refractivity contribution in [1.82, 2.24) is 4.98 Å². The lowest BCUT2D eigenvalue weighted by molar-refractivity contribution is 0.404. The number of aromatic nitrogens is 1. The average Bonchev–Trinajstić information content (AvgIpc) is 3.21. The first kappa shape index (κ1) is 15.3. The van der Waals surface area contributed by atoms with Gasteiger partial charge in [-0.05, 0) is 43.5 Å². The third kappa shape index (κ3) is 2.61. The largest absolute Gasteiger partial charge is 0.497 e. The summed E-state index contributed by atoms with van der Waals surface area (Å²) < 4.78 is 10.8. The molecule has 1 fully saturated rings. The van der Waals surface area contributed by atoms with Crippen molar-refractivity contribution in [2.45, 2.75) is 19.8 Å². The molecule has 2 heterocycles. The summed E-state index contributed by atoms with van der Waals surface area (Å²) in [5.41, 5.74) is 3.48. The van der Waals surface area contributed by atoms with Crippen molar-refractivity contribution < 1.29 is 9.47 Å².